The van der Waals surface area contributed by atoms with Crippen molar-refractivity contribution in [2.24, 2.45) is 16.6 Å². The Morgan fingerprint density at radius 3 is 2.52 bits per heavy atom. The van der Waals surface area contributed by atoms with Gasteiger partial charge in [-0.25, -0.2) is 0 Å². The van der Waals surface area contributed by atoms with Gasteiger partial charge in [0.05, 0.1) is 20.3 Å². The molecular weight excluding hydrogens is 318 g/mol. The van der Waals surface area contributed by atoms with Crippen LogP contribution in [0, 0.1) is 5.92 Å². The molecule has 1 aromatic rings. The van der Waals surface area contributed by atoms with E-state index in [2.05, 4.69) is 9.89 Å². The van der Waals surface area contributed by atoms with E-state index in [9.17, 15) is 4.79 Å². The largest absolute Gasteiger partial charge is 0.493 e. The van der Waals surface area contributed by atoms with Crippen molar-refractivity contribution in [3.63, 3.8) is 0 Å². The standard InChI is InChI=1S/C19H29N3O3/c1-5-21-19(20)17(22-11-9-14(10-12-22)13(2)23)15-7-6-8-16(24-3)18(15)25-4/h6-8,14,17H,5,9-12H2,1-4H3,(H2,20,21). The van der Waals surface area contributed by atoms with Crippen molar-refractivity contribution in [2.75, 3.05) is 33.9 Å². The molecule has 1 saturated heterocycles. The molecule has 1 aliphatic rings. The number of piperidine rings is 1. The van der Waals surface area contributed by atoms with Crippen molar-refractivity contribution < 1.29 is 14.3 Å². The molecule has 0 radical (unpaired) electrons. The fraction of sp³-hybridized carbons (Fsp3) is 0.579. The number of hydrogen-bond donors (Lipinski definition) is 1. The van der Waals surface area contributed by atoms with Crippen LogP contribution >= 0.6 is 0 Å². The minimum absolute atomic E-state index is 0.147. The van der Waals surface area contributed by atoms with E-state index in [1.807, 2.05) is 25.1 Å². The molecule has 1 unspecified atom stereocenters. The number of Topliss-reactive ketones (excluding diaryl/α,β-unsaturated/α-hetero) is 1. The van der Waals surface area contributed by atoms with Gasteiger partial charge in [0.15, 0.2) is 11.5 Å². The summed E-state index contributed by atoms with van der Waals surface area (Å²) in [5.41, 5.74) is 7.29. The predicted molar refractivity (Wildman–Crippen MR) is 99.4 cm³/mol. The highest BCUT2D eigenvalue weighted by Gasteiger charge is 2.32. The van der Waals surface area contributed by atoms with Gasteiger partial charge in [-0.2, -0.15) is 0 Å². The molecule has 0 aromatic heterocycles. The van der Waals surface area contributed by atoms with Gasteiger partial charge in [-0.15, -0.1) is 0 Å². The monoisotopic (exact) mass is 347 g/mol. The van der Waals surface area contributed by atoms with E-state index in [1.54, 1.807) is 21.1 Å². The summed E-state index contributed by atoms with van der Waals surface area (Å²) in [5.74, 6) is 2.33. The smallest absolute Gasteiger partial charge is 0.165 e. The average molecular weight is 347 g/mol. The lowest BCUT2D eigenvalue weighted by atomic mass is 9.91. The second-order valence-electron chi connectivity index (χ2n) is 6.31. The first kappa shape index (κ1) is 19.2. The molecule has 2 N–H and O–H groups in total. The summed E-state index contributed by atoms with van der Waals surface area (Å²) < 4.78 is 11.0. The lowest BCUT2D eigenvalue weighted by Crippen LogP contribution is -2.43. The van der Waals surface area contributed by atoms with Crippen LogP contribution in [-0.2, 0) is 4.79 Å². The van der Waals surface area contributed by atoms with Crippen LogP contribution in [0.3, 0.4) is 0 Å². The number of aliphatic imine (C=N–C) groups is 1. The number of ether oxygens (including phenoxy) is 2. The molecule has 1 atom stereocenters. The molecule has 2 rings (SSSR count). The summed E-state index contributed by atoms with van der Waals surface area (Å²) in [5, 5.41) is 0. The highest BCUT2D eigenvalue weighted by Crippen LogP contribution is 2.38. The van der Waals surface area contributed by atoms with Crippen LogP contribution in [0.5, 0.6) is 11.5 Å². The van der Waals surface area contributed by atoms with Crippen molar-refractivity contribution in [1.82, 2.24) is 4.90 Å². The van der Waals surface area contributed by atoms with E-state index in [4.69, 9.17) is 15.2 Å². The average Bonchev–Trinajstić information content (AvgIpc) is 2.62. The van der Waals surface area contributed by atoms with Gasteiger partial charge >= 0.3 is 0 Å². The number of carbonyl (C=O) groups excluding carboxylic acids is 1. The number of hydrogen-bond acceptors (Lipinski definition) is 5. The SMILES string of the molecule is CCN=C(N)C(c1cccc(OC)c1OC)N1CCC(C(C)=O)CC1. The van der Waals surface area contributed by atoms with E-state index in [-0.39, 0.29) is 17.7 Å². The lowest BCUT2D eigenvalue weighted by Gasteiger charge is -2.37. The fourth-order valence-corrected chi connectivity index (χ4v) is 3.50. The molecule has 0 aliphatic carbocycles. The minimum atomic E-state index is -0.182. The molecule has 6 nitrogen and oxygen atoms in total. The zero-order valence-electron chi connectivity index (χ0n) is 15.6. The van der Waals surface area contributed by atoms with Crippen LogP contribution in [-0.4, -0.2) is 50.4 Å². The lowest BCUT2D eigenvalue weighted by molar-refractivity contribution is -0.122. The molecule has 25 heavy (non-hydrogen) atoms. The molecule has 6 heteroatoms. The van der Waals surface area contributed by atoms with Crippen LogP contribution in [0.2, 0.25) is 0 Å². The van der Waals surface area contributed by atoms with Gasteiger partial charge in [0, 0.05) is 18.0 Å². The van der Waals surface area contributed by atoms with Crippen LogP contribution in [0.25, 0.3) is 0 Å². The zero-order valence-corrected chi connectivity index (χ0v) is 15.6. The summed E-state index contributed by atoms with van der Waals surface area (Å²) in [7, 11) is 3.26. The Hall–Kier alpha value is -2.08. The Morgan fingerprint density at radius 1 is 1.32 bits per heavy atom. The van der Waals surface area contributed by atoms with Gasteiger partial charge in [-0.05, 0) is 45.8 Å². The Balaban J connectivity index is 2.39. The number of nitrogens with two attached hydrogens (primary N) is 1. The maximum atomic E-state index is 11.7. The van der Waals surface area contributed by atoms with E-state index in [1.165, 1.54) is 0 Å². The predicted octanol–water partition coefficient (Wildman–Crippen LogP) is 2.42. The third-order valence-electron chi connectivity index (χ3n) is 4.82. The summed E-state index contributed by atoms with van der Waals surface area (Å²) in [4.78, 5) is 18.4. The number of carbonyl (C=O) groups is 1. The molecule has 0 bridgehead atoms. The van der Waals surface area contributed by atoms with Crippen molar-refractivity contribution in [1.29, 1.82) is 0 Å². The molecule has 0 spiro atoms. The van der Waals surface area contributed by atoms with Crippen LogP contribution in [0.4, 0.5) is 0 Å². The quantitative estimate of drug-likeness (QED) is 0.605. The van der Waals surface area contributed by atoms with Crippen LogP contribution in [0.1, 0.15) is 38.3 Å². The third-order valence-corrected chi connectivity index (χ3v) is 4.82. The topological polar surface area (TPSA) is 77.2 Å². The number of ketones is 1. The number of methoxy groups -OCH3 is 2. The molecular formula is C19H29N3O3. The molecule has 1 aromatic carbocycles. The van der Waals surface area contributed by atoms with Crippen molar-refractivity contribution in [2.45, 2.75) is 32.7 Å². The molecule has 0 amide bonds. The Kier molecular flexibility index (Phi) is 6.82. The Morgan fingerprint density at radius 2 is 2.00 bits per heavy atom. The second-order valence-corrected chi connectivity index (χ2v) is 6.31. The summed E-state index contributed by atoms with van der Waals surface area (Å²) in [6, 6.07) is 5.62. The number of amidine groups is 1. The maximum absolute atomic E-state index is 11.7. The second kappa shape index (κ2) is 8.85. The molecule has 1 heterocycles. The number of benzene rings is 1. The van der Waals surface area contributed by atoms with E-state index in [0.717, 1.165) is 31.5 Å². The highest BCUT2D eigenvalue weighted by molar-refractivity contribution is 5.88. The number of likely N-dealkylation sites (tertiary alicyclic amines) is 1. The molecule has 1 aliphatic heterocycles. The first-order valence-corrected chi connectivity index (χ1v) is 8.78. The van der Waals surface area contributed by atoms with Crippen molar-refractivity contribution in [3.05, 3.63) is 23.8 Å². The van der Waals surface area contributed by atoms with Crippen molar-refractivity contribution in [3.8, 4) is 11.5 Å². The zero-order chi connectivity index (χ0) is 18.4. The Bertz CT molecular complexity index is 622. The normalized spacial score (nSPS) is 18.0. The van der Waals surface area contributed by atoms with Crippen LogP contribution in [0.15, 0.2) is 23.2 Å². The van der Waals surface area contributed by atoms with E-state index in [0.29, 0.717) is 23.9 Å². The highest BCUT2D eigenvalue weighted by atomic mass is 16.5. The molecule has 0 saturated carbocycles. The van der Waals surface area contributed by atoms with Crippen LogP contribution < -0.4 is 15.2 Å². The third kappa shape index (κ3) is 4.31. The number of rotatable bonds is 7. The van der Waals surface area contributed by atoms with Gasteiger partial charge in [0.25, 0.3) is 0 Å². The maximum Gasteiger partial charge on any atom is 0.165 e. The summed E-state index contributed by atoms with van der Waals surface area (Å²) in [6.45, 7) is 5.87. The van der Waals surface area contributed by atoms with Gasteiger partial charge in [0.1, 0.15) is 11.6 Å². The Labute approximate surface area is 150 Å². The number of nitrogens with zero attached hydrogens (tertiary/aromatic N) is 2. The first-order chi connectivity index (χ1) is 12.0. The van der Waals surface area contributed by atoms with Gasteiger partial charge in [0.2, 0.25) is 0 Å². The minimum Gasteiger partial charge on any atom is -0.493 e. The first-order valence-electron chi connectivity index (χ1n) is 8.78. The van der Waals surface area contributed by atoms with Gasteiger partial charge < -0.3 is 15.2 Å². The van der Waals surface area contributed by atoms with E-state index < -0.39 is 0 Å². The van der Waals surface area contributed by atoms with Gasteiger partial charge in [-0.1, -0.05) is 12.1 Å². The molecule has 138 valence electrons. The fourth-order valence-electron chi connectivity index (χ4n) is 3.50. The summed E-state index contributed by atoms with van der Waals surface area (Å²) in [6.07, 6.45) is 1.69. The number of para-hydroxylation sites is 1. The molecule has 1 fully saturated rings. The van der Waals surface area contributed by atoms with Crippen molar-refractivity contribution >= 4 is 11.6 Å². The van der Waals surface area contributed by atoms with E-state index >= 15 is 0 Å². The summed E-state index contributed by atoms with van der Waals surface area (Å²) >= 11 is 0. The van der Waals surface area contributed by atoms with Gasteiger partial charge in [-0.3, -0.25) is 14.7 Å².